The number of ether oxygens (including phenoxy) is 5. The molecule has 5 atom stereocenters. The monoisotopic (exact) mass is 1160 g/mol. The van der Waals surface area contributed by atoms with Crippen molar-refractivity contribution in [1.29, 1.82) is 0 Å². The normalized spacial score (nSPS) is 15.8. The highest BCUT2D eigenvalue weighted by Crippen LogP contribution is 2.39. The molecule has 0 aliphatic carbocycles. The first-order chi connectivity index (χ1) is 32.2. The third-order valence-electron chi connectivity index (χ3n) is 12.6. The van der Waals surface area contributed by atoms with Crippen molar-refractivity contribution in [2.24, 2.45) is 17.3 Å². The molecule has 70 heavy (non-hydrogen) atoms. The topological polar surface area (TPSA) is 146 Å². The molecule has 0 spiro atoms. The van der Waals surface area contributed by atoms with E-state index in [1.165, 1.54) is 11.3 Å². The van der Waals surface area contributed by atoms with Gasteiger partial charge in [0.25, 0.3) is 0 Å². The molecule has 0 saturated carbocycles. The van der Waals surface area contributed by atoms with Gasteiger partial charge < -0.3 is 32.5 Å². The summed E-state index contributed by atoms with van der Waals surface area (Å²) in [6.45, 7) is 28.3. The number of halogens is 6. The summed E-state index contributed by atoms with van der Waals surface area (Å²) in [6, 6.07) is 5.31. The van der Waals surface area contributed by atoms with Gasteiger partial charge in [0, 0.05) is 10.8 Å². The van der Waals surface area contributed by atoms with E-state index in [0.29, 0.717) is 23.5 Å². The largest absolute Gasteiger partial charge is 0.508 e. The highest BCUT2D eigenvalue weighted by Gasteiger charge is 2.48. The van der Waals surface area contributed by atoms with E-state index in [2.05, 4.69) is 52.6 Å². The zero-order valence-electron chi connectivity index (χ0n) is 43.9. The Hall–Kier alpha value is -1.38. The maximum absolute atomic E-state index is 14.8. The number of thiazole rings is 1. The van der Waals surface area contributed by atoms with E-state index in [9.17, 15) is 19.2 Å². The minimum atomic E-state index is -2.35. The smallest absolute Gasteiger partial charge is 0.460 e. The van der Waals surface area contributed by atoms with Crippen LogP contribution in [0.1, 0.15) is 134 Å². The summed E-state index contributed by atoms with van der Waals surface area (Å²) in [7, 11) is -4.42. The maximum atomic E-state index is 14.8. The average molecular weight is 1160 g/mol. The standard InChI is InChI=1S/C49H79Cl6NO11SSi2/c1-16-69(17-2,18-3)66-38(35(9)27-37-30-68-40(56-37)29-61-44(59)62-31-48(50,51)52)26-25-33(7)23-22-24-34(8)42(64-45(60)63-32-49(53,54)55)36(10)43(58)47(14,15)39(28-41(57)65-46(11,12)13)67-70(19-4,20-5)21-6/h22-23,25,27,30,34,36,38-39,42H,16-21,24,26,28-29,31-32H2,1-15H3/t34-,36+,38-,39-,42-/m0/s1. The lowest BCUT2D eigenvalue weighted by Crippen LogP contribution is -2.52. The zero-order chi connectivity index (χ0) is 53.9. The van der Waals surface area contributed by atoms with E-state index in [-0.39, 0.29) is 24.9 Å². The minimum absolute atomic E-state index is 0.105. The van der Waals surface area contributed by atoms with Crippen molar-refractivity contribution in [3.05, 3.63) is 45.5 Å². The molecule has 0 N–H and O–H groups in total. The van der Waals surface area contributed by atoms with Crippen LogP contribution in [0.5, 0.6) is 0 Å². The van der Waals surface area contributed by atoms with Crippen molar-refractivity contribution < 1.29 is 51.7 Å². The third-order valence-corrected chi connectivity index (χ3v) is 23.4. The molecule has 1 heterocycles. The Morgan fingerprint density at radius 2 is 1.26 bits per heavy atom. The van der Waals surface area contributed by atoms with E-state index in [1.807, 2.05) is 44.4 Å². The molecular weight excluding hydrogens is 1080 g/mol. The van der Waals surface area contributed by atoms with Gasteiger partial charge in [-0.05, 0) is 101 Å². The molecule has 1 rings (SSSR count). The SMILES string of the molecule is CC[Si](CC)(CC)O[C@@H](CC=C(C)C=CC[C@H](C)[C@H](OC(=O)OCC(Cl)(Cl)Cl)[C@@H](C)C(=O)C(C)(C)[C@H](CC(=O)OC(C)(C)C)O[Si](CC)(CC)CC)C(C)=Cc1csc(COC(=O)OCC(Cl)(Cl)Cl)n1. The summed E-state index contributed by atoms with van der Waals surface area (Å²) in [5.74, 6) is -1.98. The molecule has 0 unspecified atom stereocenters. The van der Waals surface area contributed by atoms with Crippen LogP contribution in [0.4, 0.5) is 9.59 Å². The van der Waals surface area contributed by atoms with Crippen molar-refractivity contribution in [2.45, 2.75) is 197 Å². The van der Waals surface area contributed by atoms with Gasteiger partial charge in [-0.2, -0.15) is 0 Å². The summed E-state index contributed by atoms with van der Waals surface area (Å²) >= 11 is 36.0. The molecule has 0 aromatic carbocycles. The molecule has 0 aliphatic heterocycles. The van der Waals surface area contributed by atoms with Gasteiger partial charge in [0.05, 0.1) is 30.2 Å². The molecule has 0 saturated heterocycles. The van der Waals surface area contributed by atoms with Gasteiger partial charge in [0.15, 0.2) is 16.6 Å². The highest BCUT2D eigenvalue weighted by molar-refractivity contribution is 7.09. The fourth-order valence-corrected chi connectivity index (χ4v) is 14.7. The van der Waals surface area contributed by atoms with E-state index in [4.69, 9.17) is 102 Å². The van der Waals surface area contributed by atoms with Gasteiger partial charge in [-0.25, -0.2) is 14.6 Å². The Morgan fingerprint density at radius 1 is 0.743 bits per heavy atom. The molecule has 0 fully saturated rings. The average Bonchev–Trinajstić information content (AvgIpc) is 3.73. The fraction of sp³-hybridized carbons (Fsp3) is 0.735. The number of hydrogen-bond acceptors (Lipinski definition) is 13. The van der Waals surface area contributed by atoms with Crippen molar-refractivity contribution in [1.82, 2.24) is 4.98 Å². The Morgan fingerprint density at radius 3 is 1.76 bits per heavy atom. The van der Waals surface area contributed by atoms with Crippen LogP contribution in [-0.4, -0.2) is 90.4 Å². The molecule has 0 aliphatic rings. The first kappa shape index (κ1) is 66.6. The van der Waals surface area contributed by atoms with Gasteiger partial charge in [-0.3, -0.25) is 9.59 Å². The van der Waals surface area contributed by atoms with E-state index < -0.39 is 90.8 Å². The quantitative estimate of drug-likeness (QED) is 0.0247. The molecule has 21 heteroatoms. The number of rotatable bonds is 29. The number of ketones is 1. The van der Waals surface area contributed by atoms with E-state index >= 15 is 0 Å². The van der Waals surface area contributed by atoms with Crippen molar-refractivity contribution in [3.63, 3.8) is 0 Å². The molecule has 0 bridgehead atoms. The predicted octanol–water partition coefficient (Wildman–Crippen LogP) is 16.1. The lowest BCUT2D eigenvalue weighted by Gasteiger charge is -2.42. The van der Waals surface area contributed by atoms with Crippen LogP contribution in [0, 0.1) is 17.3 Å². The first-order valence-electron chi connectivity index (χ1n) is 24.1. The fourth-order valence-electron chi connectivity index (χ4n) is 7.85. The molecule has 1 aromatic heterocycles. The number of nitrogens with zero attached hydrogens (tertiary/aromatic N) is 1. The Labute approximate surface area is 454 Å². The van der Waals surface area contributed by atoms with Crippen LogP contribution >= 0.6 is 80.9 Å². The second kappa shape index (κ2) is 30.2. The number of carbonyl (C=O) groups excluding carboxylic acids is 4. The van der Waals surface area contributed by atoms with E-state index in [0.717, 1.165) is 47.4 Å². The highest BCUT2D eigenvalue weighted by atomic mass is 35.6. The second-order valence-electron chi connectivity index (χ2n) is 19.4. The molecule has 12 nitrogen and oxygen atoms in total. The van der Waals surface area contributed by atoms with Crippen LogP contribution < -0.4 is 0 Å². The molecule has 0 amide bonds. The Balaban J connectivity index is 3.52. The van der Waals surface area contributed by atoms with Gasteiger partial charge in [0.2, 0.25) is 7.59 Å². The molecule has 0 radical (unpaired) electrons. The predicted molar refractivity (Wildman–Crippen MR) is 293 cm³/mol. The van der Waals surface area contributed by atoms with Crippen LogP contribution in [0.25, 0.3) is 6.08 Å². The number of aromatic nitrogens is 1. The van der Waals surface area contributed by atoms with Crippen LogP contribution in [0.2, 0.25) is 36.3 Å². The Kier molecular flexibility index (Phi) is 28.8. The van der Waals surface area contributed by atoms with Gasteiger partial charge in [-0.1, -0.05) is 163 Å². The number of alkyl halides is 6. The van der Waals surface area contributed by atoms with Gasteiger partial charge in [0.1, 0.15) is 42.3 Å². The van der Waals surface area contributed by atoms with Gasteiger partial charge >= 0.3 is 18.3 Å². The summed E-state index contributed by atoms with van der Waals surface area (Å²) in [5.41, 5.74) is 0.724. The van der Waals surface area contributed by atoms with Crippen LogP contribution in [-0.2, 0) is 48.7 Å². The van der Waals surface area contributed by atoms with Crippen molar-refractivity contribution in [3.8, 4) is 0 Å². The number of Topliss-reactive ketones (excluding diaryl/α,β-unsaturated/α-hetero) is 1. The molecule has 402 valence electrons. The number of allylic oxidation sites excluding steroid dienone is 3. The Bertz CT molecular complexity index is 1890. The number of carbonyl (C=O) groups is 4. The minimum Gasteiger partial charge on any atom is -0.460 e. The van der Waals surface area contributed by atoms with Gasteiger partial charge in [-0.15, -0.1) is 11.3 Å². The zero-order valence-corrected chi connectivity index (χ0v) is 51.2. The summed E-state index contributed by atoms with van der Waals surface area (Å²) in [4.78, 5) is 58.0. The third kappa shape index (κ3) is 24.3. The second-order valence-corrected chi connectivity index (χ2v) is 34.8. The number of hydrogen-bond donors (Lipinski definition) is 0. The van der Waals surface area contributed by atoms with Crippen molar-refractivity contribution in [2.75, 3.05) is 13.2 Å². The maximum Gasteiger partial charge on any atom is 0.508 e. The van der Waals surface area contributed by atoms with Crippen LogP contribution in [0.3, 0.4) is 0 Å². The van der Waals surface area contributed by atoms with Crippen molar-refractivity contribution >= 4 is 128 Å². The lowest BCUT2D eigenvalue weighted by molar-refractivity contribution is -0.160. The first-order valence-corrected chi connectivity index (χ1v) is 32.3. The number of esters is 1. The lowest BCUT2D eigenvalue weighted by atomic mass is 9.73. The summed E-state index contributed by atoms with van der Waals surface area (Å²) < 4.78 is 37.2. The molecule has 1 aromatic rings. The van der Waals surface area contributed by atoms with Crippen LogP contribution in [0.15, 0.2) is 34.8 Å². The molecular formula is C49H79Cl6NO11SSi2. The summed E-state index contributed by atoms with van der Waals surface area (Å²) in [6.07, 6.45) is 4.89. The van der Waals surface area contributed by atoms with E-state index in [1.54, 1.807) is 41.5 Å². The summed E-state index contributed by atoms with van der Waals surface area (Å²) in [5, 5.41) is 2.44.